The quantitative estimate of drug-likeness (QED) is 0.315. The Morgan fingerprint density at radius 2 is 1.68 bits per heavy atom. The number of carbonyl (C=O) groups excluding carboxylic acids is 2. The normalized spacial score (nSPS) is 10.7. The lowest BCUT2D eigenvalue weighted by molar-refractivity contribution is -0.119. The maximum atomic E-state index is 13.8. The van der Waals surface area contributed by atoms with Crippen LogP contribution in [0.15, 0.2) is 66.7 Å². The molecule has 0 bridgehead atoms. The molecule has 4 rings (SSSR count). The number of aromatic nitrogens is 1. The second-order valence-electron chi connectivity index (χ2n) is 7.15. The smallest absolute Gasteiger partial charge is 0.339 e. The maximum absolute atomic E-state index is 13.8. The molecule has 0 spiro atoms. The summed E-state index contributed by atoms with van der Waals surface area (Å²) in [6.45, 7) is -0.772. The molecule has 0 saturated carbocycles. The topological polar surface area (TPSA) is 77.5 Å². The van der Waals surface area contributed by atoms with Gasteiger partial charge < -0.3 is 14.8 Å². The number of amides is 1. The summed E-state index contributed by atoms with van der Waals surface area (Å²) in [4.78, 5) is 29.5. The second-order valence-corrected chi connectivity index (χ2v) is 7.15. The zero-order valence-corrected chi connectivity index (χ0v) is 17.8. The van der Waals surface area contributed by atoms with Crippen LogP contribution in [0.5, 0.6) is 5.75 Å². The predicted octanol–water partition coefficient (Wildman–Crippen LogP) is 5.12. The molecule has 6 nitrogen and oxygen atoms in total. The summed E-state index contributed by atoms with van der Waals surface area (Å²) in [5.41, 5.74) is 1.36. The van der Waals surface area contributed by atoms with Crippen molar-refractivity contribution < 1.29 is 32.2 Å². The van der Waals surface area contributed by atoms with E-state index >= 15 is 0 Å². The molecule has 0 unspecified atom stereocenters. The minimum absolute atomic E-state index is 0.170. The molecule has 172 valence electrons. The first kappa shape index (κ1) is 22.8. The van der Waals surface area contributed by atoms with Gasteiger partial charge in [-0.05, 0) is 48.5 Å². The summed E-state index contributed by atoms with van der Waals surface area (Å²) in [6.07, 6.45) is 0. The van der Waals surface area contributed by atoms with E-state index in [-0.39, 0.29) is 5.56 Å². The molecule has 4 aromatic rings. The number of methoxy groups -OCH3 is 1. The Hall–Kier alpha value is -4.40. The average Bonchev–Trinajstić information content (AvgIpc) is 2.87. The fourth-order valence-corrected chi connectivity index (χ4v) is 3.27. The highest BCUT2D eigenvalue weighted by atomic mass is 19.2. The fraction of sp³-hybridized carbons (Fsp3) is 0.0800. The van der Waals surface area contributed by atoms with Gasteiger partial charge in [-0.25, -0.2) is 22.9 Å². The summed E-state index contributed by atoms with van der Waals surface area (Å²) in [7, 11) is 1.55. The minimum atomic E-state index is -1.72. The summed E-state index contributed by atoms with van der Waals surface area (Å²) in [6, 6.07) is 17.1. The van der Waals surface area contributed by atoms with E-state index in [1.54, 1.807) is 61.7 Å². The van der Waals surface area contributed by atoms with Crippen molar-refractivity contribution in [1.29, 1.82) is 0 Å². The number of para-hydroxylation sites is 1. The van der Waals surface area contributed by atoms with Crippen LogP contribution in [0.4, 0.5) is 18.9 Å². The predicted molar refractivity (Wildman–Crippen MR) is 119 cm³/mol. The highest BCUT2D eigenvalue weighted by Crippen LogP contribution is 2.27. The van der Waals surface area contributed by atoms with Crippen LogP contribution in [0.3, 0.4) is 0 Å². The Balaban J connectivity index is 1.56. The van der Waals surface area contributed by atoms with Crippen molar-refractivity contribution in [2.75, 3.05) is 19.0 Å². The molecular formula is C25H17F3N2O4. The van der Waals surface area contributed by atoms with Gasteiger partial charge in [-0.15, -0.1) is 0 Å². The minimum Gasteiger partial charge on any atom is -0.497 e. The number of pyridine rings is 1. The van der Waals surface area contributed by atoms with E-state index in [0.717, 1.165) is 11.6 Å². The van der Waals surface area contributed by atoms with Crippen LogP contribution in [0.1, 0.15) is 10.4 Å². The molecule has 1 N–H and O–H groups in total. The number of ether oxygens (including phenoxy) is 2. The number of fused-ring (bicyclic) bond motifs is 1. The van der Waals surface area contributed by atoms with Crippen LogP contribution < -0.4 is 10.1 Å². The first-order valence-corrected chi connectivity index (χ1v) is 10.0. The molecule has 1 heterocycles. The van der Waals surface area contributed by atoms with E-state index in [1.165, 1.54) is 0 Å². The third kappa shape index (κ3) is 4.68. The maximum Gasteiger partial charge on any atom is 0.339 e. The third-order valence-electron chi connectivity index (χ3n) is 4.97. The summed E-state index contributed by atoms with van der Waals surface area (Å²) in [5, 5.41) is 2.56. The van der Waals surface area contributed by atoms with E-state index in [9.17, 15) is 22.8 Å². The highest BCUT2D eigenvalue weighted by molar-refractivity contribution is 6.05. The van der Waals surface area contributed by atoms with Gasteiger partial charge in [0.25, 0.3) is 5.91 Å². The first-order valence-electron chi connectivity index (χ1n) is 10.0. The molecule has 9 heteroatoms. The number of halogens is 3. The van der Waals surface area contributed by atoms with Crippen LogP contribution in [0.25, 0.3) is 22.2 Å². The van der Waals surface area contributed by atoms with E-state index < -0.39 is 41.6 Å². The van der Waals surface area contributed by atoms with Crippen LogP contribution in [-0.2, 0) is 9.53 Å². The van der Waals surface area contributed by atoms with Gasteiger partial charge in [0.2, 0.25) is 0 Å². The first-order chi connectivity index (χ1) is 16.4. The largest absolute Gasteiger partial charge is 0.497 e. The number of carbonyl (C=O) groups is 2. The molecular weight excluding hydrogens is 449 g/mol. The zero-order chi connectivity index (χ0) is 24.2. The Bertz CT molecular complexity index is 1390. The van der Waals surface area contributed by atoms with Gasteiger partial charge >= 0.3 is 5.97 Å². The van der Waals surface area contributed by atoms with Gasteiger partial charge in [0.15, 0.2) is 24.1 Å². The monoisotopic (exact) mass is 466 g/mol. The number of esters is 1. The van der Waals surface area contributed by atoms with E-state index in [4.69, 9.17) is 9.47 Å². The van der Waals surface area contributed by atoms with Crippen LogP contribution >= 0.6 is 0 Å². The number of nitrogens with one attached hydrogen (secondary N) is 1. The lowest BCUT2D eigenvalue weighted by Crippen LogP contribution is -2.22. The Kier molecular flexibility index (Phi) is 6.44. The van der Waals surface area contributed by atoms with Crippen LogP contribution in [-0.4, -0.2) is 30.6 Å². The van der Waals surface area contributed by atoms with Crippen LogP contribution in [0, 0.1) is 17.5 Å². The fourth-order valence-electron chi connectivity index (χ4n) is 3.27. The average molecular weight is 466 g/mol. The molecule has 0 aliphatic carbocycles. The Morgan fingerprint density at radius 3 is 2.41 bits per heavy atom. The molecule has 34 heavy (non-hydrogen) atoms. The van der Waals surface area contributed by atoms with Gasteiger partial charge in [0.1, 0.15) is 5.75 Å². The number of anilines is 1. The lowest BCUT2D eigenvalue weighted by Gasteiger charge is -2.11. The van der Waals surface area contributed by atoms with E-state index in [2.05, 4.69) is 4.98 Å². The SMILES string of the molecule is COc1ccc(-c2cc(C(=O)OCC(=O)Nc3ccc(F)c(F)c3F)c3ccccc3n2)cc1. The van der Waals surface area contributed by atoms with Crippen molar-refractivity contribution in [3.05, 3.63) is 89.7 Å². The molecule has 0 atom stereocenters. The summed E-state index contributed by atoms with van der Waals surface area (Å²) in [5.74, 6) is -5.74. The molecule has 3 aromatic carbocycles. The van der Waals surface area contributed by atoms with Crippen molar-refractivity contribution in [3.63, 3.8) is 0 Å². The molecule has 1 amide bonds. The van der Waals surface area contributed by atoms with Crippen molar-refractivity contribution in [3.8, 4) is 17.0 Å². The zero-order valence-electron chi connectivity index (χ0n) is 17.8. The molecule has 1 aromatic heterocycles. The molecule has 0 saturated heterocycles. The van der Waals surface area contributed by atoms with Gasteiger partial charge in [-0.2, -0.15) is 0 Å². The van der Waals surface area contributed by atoms with Gasteiger partial charge in [-0.3, -0.25) is 4.79 Å². The molecule has 0 aliphatic heterocycles. The number of benzene rings is 3. The van der Waals surface area contributed by atoms with Crippen LogP contribution in [0.2, 0.25) is 0 Å². The standard InChI is InChI=1S/C25H17F3N2O4/c1-33-15-8-6-14(7-9-15)21-12-17(16-4-2-3-5-19(16)29-21)25(32)34-13-22(31)30-20-11-10-18(26)23(27)24(20)28/h2-12H,13H2,1H3,(H,30,31). The molecule has 0 fully saturated rings. The number of nitrogens with zero attached hydrogens (tertiary/aromatic N) is 1. The summed E-state index contributed by atoms with van der Waals surface area (Å²) >= 11 is 0. The van der Waals surface area contributed by atoms with Crippen molar-refractivity contribution in [2.45, 2.75) is 0 Å². The third-order valence-corrected chi connectivity index (χ3v) is 4.97. The molecule has 0 radical (unpaired) electrons. The van der Waals surface area contributed by atoms with E-state index in [1.807, 2.05) is 5.32 Å². The second kappa shape index (κ2) is 9.62. The Morgan fingerprint density at radius 1 is 0.941 bits per heavy atom. The summed E-state index contributed by atoms with van der Waals surface area (Å²) < 4.78 is 50.4. The van der Waals surface area contributed by atoms with E-state index in [0.29, 0.717) is 28.4 Å². The van der Waals surface area contributed by atoms with Gasteiger partial charge in [0.05, 0.1) is 29.6 Å². The number of hydrogen-bond donors (Lipinski definition) is 1. The highest BCUT2D eigenvalue weighted by Gasteiger charge is 2.19. The van der Waals surface area contributed by atoms with Gasteiger partial charge in [0, 0.05) is 10.9 Å². The van der Waals surface area contributed by atoms with Crippen molar-refractivity contribution in [1.82, 2.24) is 4.98 Å². The Labute approximate surface area is 192 Å². The number of hydrogen-bond acceptors (Lipinski definition) is 5. The van der Waals surface area contributed by atoms with Gasteiger partial charge in [-0.1, -0.05) is 18.2 Å². The molecule has 0 aliphatic rings. The van der Waals surface area contributed by atoms with Crippen molar-refractivity contribution in [2.24, 2.45) is 0 Å². The van der Waals surface area contributed by atoms with Crippen molar-refractivity contribution >= 4 is 28.5 Å². The lowest BCUT2D eigenvalue weighted by atomic mass is 10.0. The number of rotatable bonds is 6.